The van der Waals surface area contributed by atoms with Crippen molar-refractivity contribution in [2.24, 2.45) is 0 Å². The first-order valence-corrected chi connectivity index (χ1v) is 3.47. The summed E-state index contributed by atoms with van der Waals surface area (Å²) in [4.78, 5) is 10.8. The number of nitrogens with one attached hydrogen (secondary N) is 1. The van der Waals surface area contributed by atoms with Crippen molar-refractivity contribution in [3.63, 3.8) is 0 Å². The van der Waals surface area contributed by atoms with E-state index in [-0.39, 0.29) is 0 Å². The van der Waals surface area contributed by atoms with E-state index in [1.54, 1.807) is 0 Å². The van der Waals surface area contributed by atoms with Crippen LogP contribution >= 0.6 is 0 Å². The fourth-order valence-electron chi connectivity index (χ4n) is 1.15. The molecule has 6 nitrogen and oxygen atoms in total. The third-order valence-electron chi connectivity index (χ3n) is 2.07. The quantitative estimate of drug-likeness (QED) is 0.301. The van der Waals surface area contributed by atoms with Gasteiger partial charge in [-0.1, -0.05) is 0 Å². The van der Waals surface area contributed by atoms with Gasteiger partial charge in [0.1, 0.15) is 11.6 Å². The zero-order valence-corrected chi connectivity index (χ0v) is 6.27. The van der Waals surface area contributed by atoms with Crippen molar-refractivity contribution in [1.29, 1.82) is 0 Å². The lowest BCUT2D eigenvalue weighted by Crippen LogP contribution is -2.55. The molecule has 6 heteroatoms. The Kier molecular flexibility index (Phi) is 2.34. The number of rotatable bonds is 2. The summed E-state index contributed by atoms with van der Waals surface area (Å²) in [5, 5.41) is 37.9. The van der Waals surface area contributed by atoms with Crippen LogP contribution in [0.25, 0.3) is 0 Å². The van der Waals surface area contributed by atoms with Crippen LogP contribution in [-0.2, 0) is 4.79 Å². The molecular weight excluding hydrogens is 166 g/mol. The molecule has 0 aromatic carbocycles. The molecule has 0 bridgehead atoms. The first-order valence-electron chi connectivity index (χ1n) is 3.47. The van der Waals surface area contributed by atoms with Gasteiger partial charge in [-0.25, -0.2) is 0 Å². The topological polar surface area (TPSA) is 110 Å². The number of hydrogen-bond donors (Lipinski definition) is 5. The summed E-state index contributed by atoms with van der Waals surface area (Å²) in [5.74, 6) is -0.786. The summed E-state index contributed by atoms with van der Waals surface area (Å²) in [6.07, 6.45) is -3.05. The highest BCUT2D eigenvalue weighted by atomic mass is 16.4. The van der Waals surface area contributed by atoms with Crippen LogP contribution in [0.3, 0.4) is 0 Å². The van der Waals surface area contributed by atoms with Gasteiger partial charge in [0, 0.05) is 0 Å². The molecule has 1 saturated heterocycles. The Morgan fingerprint density at radius 1 is 1.33 bits per heavy atom. The lowest BCUT2D eigenvalue weighted by atomic mass is 9.95. The SMILES string of the molecule is O=C1NC(CO)(CO)[C@@H](O)[C@@H]1O. The molecule has 0 radical (unpaired) electrons. The summed E-state index contributed by atoms with van der Waals surface area (Å²) >= 11 is 0. The van der Waals surface area contributed by atoms with Gasteiger partial charge in [-0.3, -0.25) is 4.79 Å². The predicted octanol–water partition coefficient (Wildman–Crippen LogP) is -3.44. The van der Waals surface area contributed by atoms with E-state index in [0.717, 1.165) is 0 Å². The molecule has 0 aromatic rings. The van der Waals surface area contributed by atoms with E-state index in [4.69, 9.17) is 15.3 Å². The maximum atomic E-state index is 10.8. The third-order valence-corrected chi connectivity index (χ3v) is 2.07. The zero-order chi connectivity index (χ0) is 9.35. The van der Waals surface area contributed by atoms with Crippen molar-refractivity contribution in [1.82, 2.24) is 5.32 Å². The van der Waals surface area contributed by atoms with Gasteiger partial charge in [0.2, 0.25) is 0 Å². The molecule has 0 aliphatic carbocycles. The Morgan fingerprint density at radius 3 is 2.00 bits per heavy atom. The number of aliphatic hydroxyl groups excluding tert-OH is 4. The molecule has 0 unspecified atom stereocenters. The Hall–Kier alpha value is -0.690. The second-order valence-corrected chi connectivity index (χ2v) is 2.85. The highest BCUT2D eigenvalue weighted by molar-refractivity contribution is 5.85. The molecule has 1 amide bonds. The van der Waals surface area contributed by atoms with Crippen molar-refractivity contribution in [3.05, 3.63) is 0 Å². The Labute approximate surface area is 68.4 Å². The third kappa shape index (κ3) is 1.09. The van der Waals surface area contributed by atoms with Crippen molar-refractivity contribution in [2.45, 2.75) is 17.7 Å². The maximum absolute atomic E-state index is 10.8. The monoisotopic (exact) mass is 177 g/mol. The largest absolute Gasteiger partial charge is 0.394 e. The summed E-state index contributed by atoms with van der Waals surface area (Å²) in [6, 6.07) is 0. The van der Waals surface area contributed by atoms with Crippen LogP contribution in [0.15, 0.2) is 0 Å². The van der Waals surface area contributed by atoms with E-state index < -0.39 is 36.9 Å². The minimum absolute atomic E-state index is 0.618. The van der Waals surface area contributed by atoms with E-state index >= 15 is 0 Å². The molecule has 12 heavy (non-hydrogen) atoms. The average Bonchev–Trinajstić information content (AvgIpc) is 2.30. The number of amides is 1. The predicted molar refractivity (Wildman–Crippen MR) is 37.1 cm³/mol. The fraction of sp³-hybridized carbons (Fsp3) is 0.833. The zero-order valence-electron chi connectivity index (χ0n) is 6.27. The molecule has 0 aromatic heterocycles. The molecule has 1 heterocycles. The van der Waals surface area contributed by atoms with E-state index in [9.17, 15) is 9.90 Å². The molecule has 2 atom stereocenters. The number of carbonyl (C=O) groups excluding carboxylic acids is 1. The number of aliphatic hydroxyl groups is 4. The molecule has 70 valence electrons. The van der Waals surface area contributed by atoms with E-state index in [1.807, 2.05) is 0 Å². The normalized spacial score (nSPS) is 33.5. The van der Waals surface area contributed by atoms with Gasteiger partial charge in [-0.2, -0.15) is 0 Å². The summed E-state index contributed by atoms with van der Waals surface area (Å²) in [6.45, 7) is -1.24. The van der Waals surface area contributed by atoms with Gasteiger partial charge in [0.05, 0.1) is 13.2 Å². The van der Waals surface area contributed by atoms with Crippen LogP contribution in [0.1, 0.15) is 0 Å². The average molecular weight is 177 g/mol. The van der Waals surface area contributed by atoms with Crippen LogP contribution in [-0.4, -0.2) is 57.3 Å². The van der Waals surface area contributed by atoms with Gasteiger partial charge in [0.15, 0.2) is 6.10 Å². The molecule has 0 spiro atoms. The number of hydrogen-bond acceptors (Lipinski definition) is 5. The minimum Gasteiger partial charge on any atom is -0.394 e. The molecule has 5 N–H and O–H groups in total. The fourth-order valence-corrected chi connectivity index (χ4v) is 1.15. The first kappa shape index (κ1) is 9.40. The lowest BCUT2D eigenvalue weighted by molar-refractivity contribution is -0.128. The Balaban J connectivity index is 2.86. The molecule has 1 aliphatic rings. The second kappa shape index (κ2) is 2.98. The van der Waals surface area contributed by atoms with Crippen molar-refractivity contribution < 1.29 is 25.2 Å². The minimum atomic E-state index is -1.58. The van der Waals surface area contributed by atoms with Crippen LogP contribution in [0.4, 0.5) is 0 Å². The second-order valence-electron chi connectivity index (χ2n) is 2.85. The highest BCUT2D eigenvalue weighted by Gasteiger charge is 2.51. The van der Waals surface area contributed by atoms with Crippen molar-refractivity contribution in [2.75, 3.05) is 13.2 Å². The first-order chi connectivity index (χ1) is 5.57. The van der Waals surface area contributed by atoms with Crippen molar-refractivity contribution >= 4 is 5.91 Å². The summed E-state index contributed by atoms with van der Waals surface area (Å²) < 4.78 is 0. The van der Waals surface area contributed by atoms with E-state index in [0.29, 0.717) is 0 Å². The molecule has 1 fully saturated rings. The Morgan fingerprint density at radius 2 is 1.83 bits per heavy atom. The summed E-state index contributed by atoms with van der Waals surface area (Å²) in [5.41, 5.74) is -1.50. The van der Waals surface area contributed by atoms with Gasteiger partial charge in [0.25, 0.3) is 5.91 Å². The molecule has 1 aliphatic heterocycles. The van der Waals surface area contributed by atoms with Crippen LogP contribution < -0.4 is 5.32 Å². The van der Waals surface area contributed by atoms with Gasteiger partial charge in [-0.15, -0.1) is 0 Å². The van der Waals surface area contributed by atoms with Gasteiger partial charge < -0.3 is 25.7 Å². The van der Waals surface area contributed by atoms with Crippen LogP contribution in [0.5, 0.6) is 0 Å². The van der Waals surface area contributed by atoms with Crippen LogP contribution in [0.2, 0.25) is 0 Å². The highest BCUT2D eigenvalue weighted by Crippen LogP contribution is 2.20. The van der Waals surface area contributed by atoms with E-state index in [1.165, 1.54) is 0 Å². The molecular formula is C6H11NO5. The smallest absolute Gasteiger partial charge is 0.252 e. The molecule has 1 rings (SSSR count). The van der Waals surface area contributed by atoms with Crippen LogP contribution in [0, 0.1) is 0 Å². The summed E-state index contributed by atoms with van der Waals surface area (Å²) in [7, 11) is 0. The van der Waals surface area contributed by atoms with Gasteiger partial charge in [-0.05, 0) is 0 Å². The lowest BCUT2D eigenvalue weighted by Gasteiger charge is -2.27. The standard InChI is InChI=1S/C6H11NO5/c8-1-6(2-9)4(11)3(10)5(12)7-6/h3-4,8-11H,1-2H2,(H,7,12)/t3-,4-/m0/s1. The maximum Gasteiger partial charge on any atom is 0.252 e. The Bertz CT molecular complexity index is 190. The molecule has 0 saturated carbocycles. The van der Waals surface area contributed by atoms with Gasteiger partial charge >= 0.3 is 0 Å². The number of carbonyl (C=O) groups is 1. The van der Waals surface area contributed by atoms with Crippen molar-refractivity contribution in [3.8, 4) is 0 Å². The van der Waals surface area contributed by atoms with E-state index in [2.05, 4.69) is 5.32 Å².